The molecule has 1 aromatic heterocycles. The summed E-state index contributed by atoms with van der Waals surface area (Å²) in [6.07, 6.45) is -0.996. The number of para-hydroxylation sites is 1. The van der Waals surface area contributed by atoms with E-state index in [0.29, 0.717) is 16.5 Å². The number of nitrogens with one attached hydrogen (secondary N) is 2. The first-order chi connectivity index (χ1) is 12.9. The second kappa shape index (κ2) is 7.72. The number of anilines is 1. The van der Waals surface area contributed by atoms with Gasteiger partial charge in [-0.25, -0.2) is 4.79 Å². The number of halogens is 1. The van der Waals surface area contributed by atoms with Gasteiger partial charge in [0.15, 0.2) is 6.10 Å². The first-order valence-corrected chi connectivity index (χ1v) is 8.70. The maximum absolute atomic E-state index is 12.4. The summed E-state index contributed by atoms with van der Waals surface area (Å²) < 4.78 is 10.5. The molecule has 1 atom stereocenters. The summed E-state index contributed by atoms with van der Waals surface area (Å²) in [5.41, 5.74) is 2.35. The number of carbonyl (C=O) groups excluding carboxylic acids is 2. The second-order valence-corrected chi connectivity index (χ2v) is 6.52. The summed E-state index contributed by atoms with van der Waals surface area (Å²) in [5.74, 6) is -0.652. The summed E-state index contributed by atoms with van der Waals surface area (Å²) in [7, 11) is 1.48. The number of methoxy groups -OCH3 is 1. The largest absolute Gasteiger partial charge is 0.495 e. The Kier molecular flexibility index (Phi) is 5.37. The number of rotatable bonds is 5. The molecule has 0 saturated carbocycles. The zero-order valence-corrected chi connectivity index (χ0v) is 15.9. The van der Waals surface area contributed by atoms with Crippen LogP contribution in [0.5, 0.6) is 5.75 Å². The Morgan fingerprint density at radius 1 is 1.19 bits per heavy atom. The van der Waals surface area contributed by atoms with Gasteiger partial charge in [0.25, 0.3) is 5.91 Å². The first kappa shape index (κ1) is 18.8. The van der Waals surface area contributed by atoms with Gasteiger partial charge in [-0.3, -0.25) is 4.79 Å². The van der Waals surface area contributed by atoms with Crippen molar-refractivity contribution in [2.45, 2.75) is 20.0 Å². The highest BCUT2D eigenvalue weighted by atomic mass is 35.5. The average molecular weight is 387 g/mol. The molecule has 0 unspecified atom stereocenters. The van der Waals surface area contributed by atoms with Crippen LogP contribution in [0.15, 0.2) is 42.5 Å². The van der Waals surface area contributed by atoms with Gasteiger partial charge in [0.1, 0.15) is 11.4 Å². The van der Waals surface area contributed by atoms with Crippen molar-refractivity contribution >= 4 is 40.1 Å². The predicted molar refractivity (Wildman–Crippen MR) is 105 cm³/mol. The number of ether oxygens (including phenoxy) is 2. The van der Waals surface area contributed by atoms with Crippen molar-refractivity contribution in [1.29, 1.82) is 0 Å². The van der Waals surface area contributed by atoms with Gasteiger partial charge in [-0.15, -0.1) is 0 Å². The molecule has 2 aromatic carbocycles. The van der Waals surface area contributed by atoms with Gasteiger partial charge in [0.2, 0.25) is 0 Å². The Morgan fingerprint density at radius 3 is 2.63 bits per heavy atom. The lowest BCUT2D eigenvalue weighted by molar-refractivity contribution is -0.123. The van der Waals surface area contributed by atoms with Crippen LogP contribution in [0.3, 0.4) is 0 Å². The number of hydrogen-bond acceptors (Lipinski definition) is 4. The molecular formula is C20H19ClN2O4. The van der Waals surface area contributed by atoms with Crippen LogP contribution in [0.25, 0.3) is 10.9 Å². The van der Waals surface area contributed by atoms with Gasteiger partial charge < -0.3 is 19.8 Å². The van der Waals surface area contributed by atoms with Gasteiger partial charge in [-0.2, -0.15) is 0 Å². The second-order valence-electron chi connectivity index (χ2n) is 6.11. The minimum absolute atomic E-state index is 0.288. The van der Waals surface area contributed by atoms with Crippen molar-refractivity contribution in [2.24, 2.45) is 0 Å². The Bertz CT molecular complexity index is 979. The third-order valence-electron chi connectivity index (χ3n) is 4.14. The number of aromatic amines is 1. The topological polar surface area (TPSA) is 80.4 Å². The quantitative estimate of drug-likeness (QED) is 0.640. The molecule has 1 amide bonds. The molecule has 0 radical (unpaired) electrons. The number of aromatic nitrogens is 1. The molecule has 27 heavy (non-hydrogen) atoms. The highest BCUT2D eigenvalue weighted by Crippen LogP contribution is 2.31. The lowest BCUT2D eigenvalue weighted by Gasteiger charge is -2.16. The molecule has 0 aliphatic carbocycles. The molecule has 0 bridgehead atoms. The molecule has 0 aliphatic heterocycles. The summed E-state index contributed by atoms with van der Waals surface area (Å²) in [4.78, 5) is 27.7. The van der Waals surface area contributed by atoms with Gasteiger partial charge in [-0.1, -0.05) is 29.8 Å². The fourth-order valence-electron chi connectivity index (χ4n) is 2.63. The molecule has 0 spiro atoms. The number of carbonyl (C=O) groups is 2. The van der Waals surface area contributed by atoms with E-state index >= 15 is 0 Å². The van der Waals surface area contributed by atoms with Crippen LogP contribution in [0.1, 0.15) is 23.0 Å². The van der Waals surface area contributed by atoms with E-state index in [9.17, 15) is 9.59 Å². The highest BCUT2D eigenvalue weighted by molar-refractivity contribution is 6.31. The summed E-state index contributed by atoms with van der Waals surface area (Å²) >= 11 is 6.07. The maximum Gasteiger partial charge on any atom is 0.355 e. The lowest BCUT2D eigenvalue weighted by atomic mass is 10.2. The van der Waals surface area contributed by atoms with E-state index in [0.717, 1.165) is 16.5 Å². The Balaban J connectivity index is 1.70. The van der Waals surface area contributed by atoms with E-state index in [1.807, 2.05) is 31.2 Å². The molecule has 3 rings (SSSR count). The minimum atomic E-state index is -0.996. The normalized spacial score (nSPS) is 11.9. The number of esters is 1. The van der Waals surface area contributed by atoms with Gasteiger partial charge in [-0.05, 0) is 37.6 Å². The SMILES string of the molecule is COc1cc(Cl)c(C)cc1NC(=O)[C@@H](C)OC(=O)c1cc2ccccc2[nH]1. The van der Waals surface area contributed by atoms with Gasteiger partial charge in [0.05, 0.1) is 12.8 Å². The minimum Gasteiger partial charge on any atom is -0.495 e. The fourth-order valence-corrected chi connectivity index (χ4v) is 2.78. The van der Waals surface area contributed by atoms with E-state index in [-0.39, 0.29) is 5.69 Å². The number of H-pyrrole nitrogens is 1. The molecule has 0 aliphatic rings. The van der Waals surface area contributed by atoms with E-state index in [2.05, 4.69) is 10.3 Å². The molecule has 0 fully saturated rings. The van der Waals surface area contributed by atoms with Crippen molar-refractivity contribution in [1.82, 2.24) is 4.98 Å². The van der Waals surface area contributed by atoms with Crippen molar-refractivity contribution < 1.29 is 19.1 Å². The van der Waals surface area contributed by atoms with E-state index in [1.54, 1.807) is 18.2 Å². The predicted octanol–water partition coefficient (Wildman–Crippen LogP) is 4.32. The Hall–Kier alpha value is -2.99. The van der Waals surface area contributed by atoms with E-state index in [4.69, 9.17) is 21.1 Å². The lowest BCUT2D eigenvalue weighted by Crippen LogP contribution is -2.30. The van der Waals surface area contributed by atoms with Crippen LogP contribution >= 0.6 is 11.6 Å². The fraction of sp³-hybridized carbons (Fsp3) is 0.200. The molecular weight excluding hydrogens is 368 g/mol. The Morgan fingerprint density at radius 2 is 1.93 bits per heavy atom. The van der Waals surface area contributed by atoms with Crippen LogP contribution in [0.4, 0.5) is 5.69 Å². The highest BCUT2D eigenvalue weighted by Gasteiger charge is 2.21. The monoisotopic (exact) mass is 386 g/mol. The summed E-state index contributed by atoms with van der Waals surface area (Å²) in [6, 6.07) is 12.5. The number of benzene rings is 2. The molecule has 7 heteroatoms. The van der Waals surface area contributed by atoms with Gasteiger partial charge >= 0.3 is 5.97 Å². The van der Waals surface area contributed by atoms with Crippen molar-refractivity contribution in [2.75, 3.05) is 12.4 Å². The van der Waals surface area contributed by atoms with Crippen LogP contribution in [-0.4, -0.2) is 30.1 Å². The van der Waals surface area contributed by atoms with Crippen molar-refractivity contribution in [3.05, 3.63) is 58.7 Å². The standard InChI is InChI=1S/C20H19ClN2O4/c1-11-8-16(18(26-3)10-14(11)21)23-19(24)12(2)27-20(25)17-9-13-6-4-5-7-15(13)22-17/h4-10,12,22H,1-3H3,(H,23,24)/t12-/m1/s1. The van der Waals surface area contributed by atoms with Crippen molar-refractivity contribution in [3.8, 4) is 5.75 Å². The molecule has 3 aromatic rings. The van der Waals surface area contributed by atoms with Crippen LogP contribution in [0.2, 0.25) is 5.02 Å². The number of fused-ring (bicyclic) bond motifs is 1. The van der Waals surface area contributed by atoms with Crippen LogP contribution in [-0.2, 0) is 9.53 Å². The summed E-state index contributed by atoms with van der Waals surface area (Å²) in [6.45, 7) is 3.32. The number of aryl methyl sites for hydroxylation is 1. The summed E-state index contributed by atoms with van der Waals surface area (Å²) in [5, 5.41) is 4.12. The molecule has 1 heterocycles. The third-order valence-corrected chi connectivity index (χ3v) is 4.55. The zero-order chi connectivity index (χ0) is 19.6. The molecule has 2 N–H and O–H groups in total. The number of amides is 1. The zero-order valence-electron chi connectivity index (χ0n) is 15.1. The third kappa shape index (κ3) is 4.06. The smallest absolute Gasteiger partial charge is 0.355 e. The van der Waals surface area contributed by atoms with Crippen LogP contribution in [0, 0.1) is 6.92 Å². The maximum atomic E-state index is 12.4. The van der Waals surface area contributed by atoms with Crippen LogP contribution < -0.4 is 10.1 Å². The number of hydrogen-bond donors (Lipinski definition) is 2. The Labute approximate surface area is 161 Å². The first-order valence-electron chi connectivity index (χ1n) is 8.32. The van der Waals surface area contributed by atoms with Gasteiger partial charge in [0, 0.05) is 22.0 Å². The molecule has 0 saturated heterocycles. The van der Waals surface area contributed by atoms with E-state index < -0.39 is 18.0 Å². The molecule has 140 valence electrons. The molecule has 6 nitrogen and oxygen atoms in total. The van der Waals surface area contributed by atoms with Crippen molar-refractivity contribution in [3.63, 3.8) is 0 Å². The van der Waals surface area contributed by atoms with E-state index in [1.165, 1.54) is 14.0 Å². The average Bonchev–Trinajstić information content (AvgIpc) is 3.08.